The molecule has 2 aromatic carbocycles. The molecule has 2 N–H and O–H groups in total. The lowest BCUT2D eigenvalue weighted by molar-refractivity contribution is 0.474. The van der Waals surface area contributed by atoms with Crippen molar-refractivity contribution in [2.75, 3.05) is 0 Å². The summed E-state index contributed by atoms with van der Waals surface area (Å²) in [6.07, 6.45) is 0.648. The Morgan fingerprint density at radius 1 is 1.20 bits per heavy atom. The maximum Gasteiger partial charge on any atom is 0.124 e. The van der Waals surface area contributed by atoms with Crippen LogP contribution in [0.15, 0.2) is 52.0 Å². The Balaban J connectivity index is 1.82. The van der Waals surface area contributed by atoms with E-state index in [1.54, 1.807) is 24.3 Å². The molecule has 20 heavy (non-hydrogen) atoms. The van der Waals surface area contributed by atoms with Gasteiger partial charge in [-0.05, 0) is 35.9 Å². The van der Waals surface area contributed by atoms with Crippen LogP contribution in [0.5, 0.6) is 5.75 Å². The molecule has 2 aromatic rings. The molecule has 1 atom stereocenters. The third-order valence-electron chi connectivity index (χ3n) is 3.29. The third-order valence-corrected chi connectivity index (χ3v) is 3.79. The lowest BCUT2D eigenvalue weighted by atomic mass is 9.99. The first-order valence-electron chi connectivity index (χ1n) is 6.20. The van der Waals surface area contributed by atoms with E-state index in [0.29, 0.717) is 12.0 Å². The minimum Gasteiger partial charge on any atom is -0.507 e. The maximum absolute atomic E-state index is 12.9. The molecule has 0 aromatic heterocycles. The van der Waals surface area contributed by atoms with Crippen molar-refractivity contribution in [3.63, 3.8) is 0 Å². The molecule has 5 heteroatoms. The van der Waals surface area contributed by atoms with E-state index in [1.165, 1.54) is 12.1 Å². The van der Waals surface area contributed by atoms with Crippen LogP contribution in [0.1, 0.15) is 23.6 Å². The molecule has 1 heterocycles. The molecular formula is C15H12BrFN2O. The number of nitrogens with one attached hydrogen (secondary N) is 1. The van der Waals surface area contributed by atoms with Crippen LogP contribution in [0.2, 0.25) is 0 Å². The predicted octanol–water partition coefficient (Wildman–Crippen LogP) is 3.73. The zero-order valence-electron chi connectivity index (χ0n) is 10.5. The minimum absolute atomic E-state index is 0.00369. The molecule has 0 bridgehead atoms. The van der Waals surface area contributed by atoms with Crippen LogP contribution in [0.4, 0.5) is 4.39 Å². The van der Waals surface area contributed by atoms with E-state index in [9.17, 15) is 9.50 Å². The first-order valence-corrected chi connectivity index (χ1v) is 6.99. The number of phenolic OH excluding ortho intramolecular Hbond substituents is 1. The van der Waals surface area contributed by atoms with Crippen molar-refractivity contribution < 1.29 is 9.50 Å². The van der Waals surface area contributed by atoms with Gasteiger partial charge in [-0.1, -0.05) is 28.1 Å². The lowest BCUT2D eigenvalue weighted by Gasteiger charge is -2.10. The number of nitrogens with zero attached hydrogens (tertiary/aromatic N) is 1. The molecule has 0 radical (unpaired) electrons. The Morgan fingerprint density at radius 2 is 1.95 bits per heavy atom. The van der Waals surface area contributed by atoms with Gasteiger partial charge in [0, 0.05) is 16.5 Å². The molecule has 1 aliphatic rings. The summed E-state index contributed by atoms with van der Waals surface area (Å²) in [6, 6.07) is 11.6. The minimum atomic E-state index is -0.252. The summed E-state index contributed by atoms with van der Waals surface area (Å²) in [4.78, 5) is 0. The second-order valence-corrected chi connectivity index (χ2v) is 5.57. The second kappa shape index (κ2) is 5.25. The number of hydrogen-bond donors (Lipinski definition) is 2. The Bertz CT molecular complexity index is 670. The van der Waals surface area contributed by atoms with Crippen LogP contribution >= 0.6 is 15.9 Å². The van der Waals surface area contributed by atoms with E-state index in [-0.39, 0.29) is 17.6 Å². The maximum atomic E-state index is 12.9. The molecule has 3 nitrogen and oxygen atoms in total. The summed E-state index contributed by atoms with van der Waals surface area (Å²) in [6.45, 7) is 0. The van der Waals surface area contributed by atoms with Gasteiger partial charge in [0.25, 0.3) is 0 Å². The Morgan fingerprint density at radius 3 is 2.70 bits per heavy atom. The summed E-state index contributed by atoms with van der Waals surface area (Å²) >= 11 is 3.38. The van der Waals surface area contributed by atoms with Gasteiger partial charge in [-0.2, -0.15) is 5.10 Å². The Labute approximate surface area is 124 Å². The molecule has 0 spiro atoms. The van der Waals surface area contributed by atoms with Crippen LogP contribution in [-0.4, -0.2) is 10.8 Å². The van der Waals surface area contributed by atoms with Crippen LogP contribution in [0, 0.1) is 5.82 Å². The van der Waals surface area contributed by atoms with Crippen LogP contribution in [0.3, 0.4) is 0 Å². The quantitative estimate of drug-likeness (QED) is 0.878. The summed E-state index contributed by atoms with van der Waals surface area (Å²) in [5, 5.41) is 14.2. The SMILES string of the molecule is Oc1ccc(Br)cc1C1=NN[C@H](c2ccc(F)cc2)C1. The molecule has 0 fully saturated rings. The molecule has 0 aliphatic carbocycles. The van der Waals surface area contributed by atoms with Gasteiger partial charge in [-0.25, -0.2) is 4.39 Å². The van der Waals surface area contributed by atoms with E-state index >= 15 is 0 Å². The van der Waals surface area contributed by atoms with Crippen molar-refractivity contribution >= 4 is 21.6 Å². The molecule has 0 amide bonds. The van der Waals surface area contributed by atoms with E-state index < -0.39 is 0 Å². The number of rotatable bonds is 2. The van der Waals surface area contributed by atoms with Crippen molar-refractivity contribution in [2.24, 2.45) is 5.10 Å². The van der Waals surface area contributed by atoms with Crippen molar-refractivity contribution in [1.29, 1.82) is 0 Å². The number of aromatic hydroxyl groups is 1. The number of halogens is 2. The number of hydrazone groups is 1. The van der Waals surface area contributed by atoms with Gasteiger partial charge in [-0.3, -0.25) is 0 Å². The van der Waals surface area contributed by atoms with E-state index in [0.717, 1.165) is 15.7 Å². The first kappa shape index (κ1) is 13.1. The molecule has 0 saturated carbocycles. The fourth-order valence-corrected chi connectivity index (χ4v) is 2.60. The third kappa shape index (κ3) is 2.54. The zero-order chi connectivity index (χ0) is 14.1. The topological polar surface area (TPSA) is 44.6 Å². The molecule has 102 valence electrons. The monoisotopic (exact) mass is 334 g/mol. The van der Waals surface area contributed by atoms with Gasteiger partial charge < -0.3 is 10.5 Å². The lowest BCUT2D eigenvalue weighted by Crippen LogP contribution is -2.09. The van der Waals surface area contributed by atoms with Gasteiger partial charge in [0.1, 0.15) is 11.6 Å². The number of hydrogen-bond acceptors (Lipinski definition) is 3. The summed E-state index contributed by atoms with van der Waals surface area (Å²) < 4.78 is 13.8. The average molecular weight is 335 g/mol. The molecule has 3 rings (SSSR count). The van der Waals surface area contributed by atoms with Crippen LogP contribution in [0.25, 0.3) is 0 Å². The standard InChI is InChI=1S/C15H12BrFN2O/c16-10-3-6-15(20)12(7-10)14-8-13(18-19-14)9-1-4-11(17)5-2-9/h1-7,13,18,20H,8H2/t13-/m0/s1. The summed E-state index contributed by atoms with van der Waals surface area (Å²) in [7, 11) is 0. The molecular weight excluding hydrogens is 323 g/mol. The van der Waals surface area contributed by atoms with E-state index in [1.807, 2.05) is 6.07 Å². The van der Waals surface area contributed by atoms with E-state index in [2.05, 4.69) is 26.5 Å². The fourth-order valence-electron chi connectivity index (χ4n) is 2.24. The van der Waals surface area contributed by atoms with Crippen molar-refractivity contribution in [1.82, 2.24) is 5.43 Å². The second-order valence-electron chi connectivity index (χ2n) is 4.66. The van der Waals surface area contributed by atoms with Crippen molar-refractivity contribution in [2.45, 2.75) is 12.5 Å². The van der Waals surface area contributed by atoms with Crippen LogP contribution < -0.4 is 5.43 Å². The molecule has 1 aliphatic heterocycles. The Hall–Kier alpha value is -1.88. The highest BCUT2D eigenvalue weighted by molar-refractivity contribution is 9.10. The van der Waals surface area contributed by atoms with Gasteiger partial charge >= 0.3 is 0 Å². The summed E-state index contributed by atoms with van der Waals surface area (Å²) in [5.74, 6) is -0.0500. The van der Waals surface area contributed by atoms with Gasteiger partial charge in [0.15, 0.2) is 0 Å². The number of benzene rings is 2. The van der Waals surface area contributed by atoms with Gasteiger partial charge in [-0.15, -0.1) is 0 Å². The Kier molecular flexibility index (Phi) is 3.44. The number of phenols is 1. The smallest absolute Gasteiger partial charge is 0.124 e. The van der Waals surface area contributed by atoms with Crippen molar-refractivity contribution in [3.05, 3.63) is 63.9 Å². The summed E-state index contributed by atoms with van der Waals surface area (Å²) in [5.41, 5.74) is 5.49. The average Bonchev–Trinajstić information content (AvgIpc) is 2.92. The highest BCUT2D eigenvalue weighted by Crippen LogP contribution is 2.29. The first-order chi connectivity index (χ1) is 9.63. The normalized spacial score (nSPS) is 17.7. The van der Waals surface area contributed by atoms with Gasteiger partial charge in [0.2, 0.25) is 0 Å². The van der Waals surface area contributed by atoms with E-state index in [4.69, 9.17) is 0 Å². The predicted molar refractivity (Wildman–Crippen MR) is 79.2 cm³/mol. The van der Waals surface area contributed by atoms with Gasteiger partial charge in [0.05, 0.1) is 11.8 Å². The highest BCUT2D eigenvalue weighted by atomic mass is 79.9. The van der Waals surface area contributed by atoms with Crippen LogP contribution in [-0.2, 0) is 0 Å². The largest absolute Gasteiger partial charge is 0.507 e. The molecule has 0 unspecified atom stereocenters. The van der Waals surface area contributed by atoms with Crippen molar-refractivity contribution in [3.8, 4) is 5.75 Å². The molecule has 0 saturated heterocycles. The fraction of sp³-hybridized carbons (Fsp3) is 0.133. The zero-order valence-corrected chi connectivity index (χ0v) is 12.1. The highest BCUT2D eigenvalue weighted by Gasteiger charge is 2.23.